The van der Waals surface area contributed by atoms with Crippen molar-refractivity contribution in [3.05, 3.63) is 24.3 Å². The fraction of sp³-hybridized carbons (Fsp3) is 0.385. The van der Waals surface area contributed by atoms with Crippen LogP contribution in [0.3, 0.4) is 0 Å². The molecule has 0 aliphatic carbocycles. The molecule has 0 spiro atoms. The van der Waals surface area contributed by atoms with Crippen LogP contribution in [0.1, 0.15) is 6.92 Å². The molecule has 1 aromatic rings. The van der Waals surface area contributed by atoms with Gasteiger partial charge in [-0.3, -0.25) is 0 Å². The van der Waals surface area contributed by atoms with Gasteiger partial charge in [-0.25, -0.2) is 8.42 Å². The van der Waals surface area contributed by atoms with Crippen LogP contribution in [0.2, 0.25) is 0 Å². The van der Waals surface area contributed by atoms with Gasteiger partial charge in [0.15, 0.2) is 9.84 Å². The maximum absolute atomic E-state index is 11.4. The summed E-state index contributed by atoms with van der Waals surface area (Å²) in [6, 6.07) is 6.45. The van der Waals surface area contributed by atoms with Crippen LogP contribution < -0.4 is 10.1 Å². The highest BCUT2D eigenvalue weighted by Crippen LogP contribution is 2.18. The summed E-state index contributed by atoms with van der Waals surface area (Å²) in [5.41, 5.74) is 0. The van der Waals surface area contributed by atoms with Gasteiger partial charge in [0, 0.05) is 12.8 Å². The smallest absolute Gasteiger partial charge is 0.175 e. The lowest BCUT2D eigenvalue weighted by Gasteiger charge is -2.15. The van der Waals surface area contributed by atoms with Gasteiger partial charge in [0.25, 0.3) is 0 Å². The predicted octanol–water partition coefficient (Wildman–Crippen LogP) is 1.08. The number of hydrogen-bond donors (Lipinski definition) is 1. The zero-order valence-corrected chi connectivity index (χ0v) is 11.3. The minimum atomic E-state index is -3.20. The van der Waals surface area contributed by atoms with Crippen molar-refractivity contribution in [1.29, 1.82) is 0 Å². The van der Waals surface area contributed by atoms with Gasteiger partial charge in [-0.1, -0.05) is 12.0 Å². The zero-order valence-electron chi connectivity index (χ0n) is 10.5. The SMILES string of the molecule is C#CCNCC(C)Oc1cccc(S(C)(=O)=O)c1. The molecule has 1 N–H and O–H groups in total. The summed E-state index contributed by atoms with van der Waals surface area (Å²) in [5.74, 6) is 3.01. The van der Waals surface area contributed by atoms with Crippen molar-refractivity contribution in [2.24, 2.45) is 0 Å². The second kappa shape index (κ2) is 6.43. The van der Waals surface area contributed by atoms with Gasteiger partial charge in [-0.15, -0.1) is 6.42 Å². The van der Waals surface area contributed by atoms with E-state index in [1.165, 1.54) is 12.3 Å². The van der Waals surface area contributed by atoms with Gasteiger partial charge in [0.1, 0.15) is 11.9 Å². The molecule has 0 saturated carbocycles. The summed E-state index contributed by atoms with van der Waals surface area (Å²) in [7, 11) is -3.20. The van der Waals surface area contributed by atoms with Gasteiger partial charge in [0.2, 0.25) is 0 Å². The maximum atomic E-state index is 11.4. The Hall–Kier alpha value is -1.51. The third-order valence-electron chi connectivity index (χ3n) is 2.23. The highest BCUT2D eigenvalue weighted by molar-refractivity contribution is 7.90. The molecule has 4 nitrogen and oxygen atoms in total. The van der Waals surface area contributed by atoms with Gasteiger partial charge in [-0.05, 0) is 25.1 Å². The lowest BCUT2D eigenvalue weighted by Crippen LogP contribution is -2.29. The standard InChI is InChI=1S/C13H17NO3S/c1-4-8-14-10-11(2)17-12-6-5-7-13(9-12)18(3,15)16/h1,5-7,9,11,14H,8,10H2,2-3H3. The summed E-state index contributed by atoms with van der Waals surface area (Å²) >= 11 is 0. The quantitative estimate of drug-likeness (QED) is 0.619. The lowest BCUT2D eigenvalue weighted by atomic mass is 10.3. The van der Waals surface area contributed by atoms with Gasteiger partial charge in [0.05, 0.1) is 11.4 Å². The second-order valence-corrected chi connectivity index (χ2v) is 6.03. The Balaban J connectivity index is 2.66. The maximum Gasteiger partial charge on any atom is 0.175 e. The van der Waals surface area contributed by atoms with E-state index in [9.17, 15) is 8.42 Å². The number of ether oxygens (including phenoxy) is 1. The van der Waals surface area contributed by atoms with E-state index >= 15 is 0 Å². The number of terminal acetylenes is 1. The minimum absolute atomic E-state index is 0.0897. The first kappa shape index (κ1) is 14.6. The summed E-state index contributed by atoms with van der Waals surface area (Å²) in [6.07, 6.45) is 6.20. The van der Waals surface area contributed by atoms with E-state index in [-0.39, 0.29) is 11.0 Å². The van der Waals surface area contributed by atoms with Crippen LogP contribution >= 0.6 is 0 Å². The molecule has 0 bridgehead atoms. The van der Waals surface area contributed by atoms with Crippen molar-refractivity contribution in [2.45, 2.75) is 17.9 Å². The first-order valence-corrected chi connectivity index (χ1v) is 7.43. The Morgan fingerprint density at radius 3 is 2.83 bits per heavy atom. The Kier molecular flexibility index (Phi) is 5.20. The molecular weight excluding hydrogens is 250 g/mol. The van der Waals surface area contributed by atoms with E-state index < -0.39 is 9.84 Å². The lowest BCUT2D eigenvalue weighted by molar-refractivity contribution is 0.218. The normalized spacial score (nSPS) is 12.7. The van der Waals surface area contributed by atoms with Crippen molar-refractivity contribution in [3.63, 3.8) is 0 Å². The molecule has 0 aliphatic heterocycles. The summed E-state index contributed by atoms with van der Waals surface area (Å²) < 4.78 is 28.4. The van der Waals surface area contributed by atoms with E-state index in [1.54, 1.807) is 18.2 Å². The van der Waals surface area contributed by atoms with E-state index in [2.05, 4.69) is 11.2 Å². The first-order valence-electron chi connectivity index (χ1n) is 5.54. The van der Waals surface area contributed by atoms with Crippen LogP contribution in [-0.4, -0.2) is 33.9 Å². The van der Waals surface area contributed by atoms with Crippen LogP contribution in [0.25, 0.3) is 0 Å². The molecule has 18 heavy (non-hydrogen) atoms. The summed E-state index contributed by atoms with van der Waals surface area (Å²) in [5, 5.41) is 3.02. The van der Waals surface area contributed by atoms with E-state index in [0.717, 1.165) is 0 Å². The zero-order chi connectivity index (χ0) is 13.6. The van der Waals surface area contributed by atoms with E-state index in [4.69, 9.17) is 11.2 Å². The summed E-state index contributed by atoms with van der Waals surface area (Å²) in [6.45, 7) is 2.97. The van der Waals surface area contributed by atoms with Gasteiger partial charge < -0.3 is 10.1 Å². The fourth-order valence-corrected chi connectivity index (χ4v) is 2.06. The van der Waals surface area contributed by atoms with Crippen LogP contribution in [-0.2, 0) is 9.84 Å². The van der Waals surface area contributed by atoms with Crippen LogP contribution in [0.5, 0.6) is 5.75 Å². The van der Waals surface area contributed by atoms with Crippen molar-refractivity contribution < 1.29 is 13.2 Å². The molecule has 0 heterocycles. The Morgan fingerprint density at radius 2 is 2.22 bits per heavy atom. The largest absolute Gasteiger partial charge is 0.489 e. The number of hydrogen-bond acceptors (Lipinski definition) is 4. The molecule has 0 aliphatic rings. The Morgan fingerprint density at radius 1 is 1.50 bits per heavy atom. The molecular formula is C13H17NO3S. The number of nitrogens with one attached hydrogen (secondary N) is 1. The molecule has 5 heteroatoms. The average Bonchev–Trinajstić information content (AvgIpc) is 2.28. The van der Waals surface area contributed by atoms with Crippen LogP contribution in [0.15, 0.2) is 29.2 Å². The molecule has 1 rings (SSSR count). The molecule has 1 unspecified atom stereocenters. The van der Waals surface area contributed by atoms with Crippen LogP contribution in [0.4, 0.5) is 0 Å². The monoisotopic (exact) mass is 267 g/mol. The average molecular weight is 267 g/mol. The fourth-order valence-electron chi connectivity index (χ4n) is 1.40. The van der Waals surface area contributed by atoms with Gasteiger partial charge in [-0.2, -0.15) is 0 Å². The molecule has 0 amide bonds. The number of sulfone groups is 1. The third kappa shape index (κ3) is 4.78. The molecule has 1 atom stereocenters. The number of rotatable bonds is 6. The third-order valence-corrected chi connectivity index (χ3v) is 3.34. The van der Waals surface area contributed by atoms with Crippen LogP contribution in [0, 0.1) is 12.3 Å². The molecule has 0 radical (unpaired) electrons. The molecule has 0 saturated heterocycles. The van der Waals surface area contributed by atoms with Crippen molar-refractivity contribution in [3.8, 4) is 18.1 Å². The molecule has 1 aromatic carbocycles. The van der Waals surface area contributed by atoms with Crippen molar-refractivity contribution >= 4 is 9.84 Å². The van der Waals surface area contributed by atoms with Crippen molar-refractivity contribution in [2.75, 3.05) is 19.3 Å². The Bertz CT molecular complexity index is 531. The number of benzene rings is 1. The highest BCUT2D eigenvalue weighted by Gasteiger charge is 2.09. The summed E-state index contributed by atoms with van der Waals surface area (Å²) in [4.78, 5) is 0.254. The minimum Gasteiger partial charge on any atom is -0.489 e. The second-order valence-electron chi connectivity index (χ2n) is 4.01. The molecule has 0 fully saturated rings. The van der Waals surface area contributed by atoms with E-state index in [0.29, 0.717) is 18.8 Å². The molecule has 0 aromatic heterocycles. The Labute approximate surface area is 108 Å². The topological polar surface area (TPSA) is 55.4 Å². The molecule has 98 valence electrons. The van der Waals surface area contributed by atoms with Gasteiger partial charge >= 0.3 is 0 Å². The highest BCUT2D eigenvalue weighted by atomic mass is 32.2. The van der Waals surface area contributed by atoms with E-state index in [1.807, 2.05) is 6.92 Å². The van der Waals surface area contributed by atoms with Crippen molar-refractivity contribution in [1.82, 2.24) is 5.32 Å². The first-order chi connectivity index (χ1) is 8.43. The predicted molar refractivity (Wildman–Crippen MR) is 71.3 cm³/mol.